The van der Waals surface area contributed by atoms with E-state index >= 15 is 0 Å². The number of benzene rings is 1. The van der Waals surface area contributed by atoms with Crippen molar-refractivity contribution in [3.8, 4) is 11.5 Å². The van der Waals surface area contributed by atoms with Crippen molar-refractivity contribution in [1.29, 1.82) is 0 Å². The Morgan fingerprint density at radius 3 is 2.89 bits per heavy atom. The lowest BCUT2D eigenvalue weighted by molar-refractivity contribution is 0.174. The van der Waals surface area contributed by atoms with Gasteiger partial charge in [-0.05, 0) is 55.0 Å². The molecule has 1 aromatic carbocycles. The molecule has 0 radical (unpaired) electrons. The van der Waals surface area contributed by atoms with Crippen LogP contribution in [0.3, 0.4) is 0 Å². The van der Waals surface area contributed by atoms with Crippen LogP contribution < -0.4 is 9.47 Å². The van der Waals surface area contributed by atoms with Gasteiger partial charge in [0.2, 0.25) is 6.79 Å². The van der Waals surface area contributed by atoms with Crippen molar-refractivity contribution in [2.75, 3.05) is 6.79 Å². The third-order valence-corrected chi connectivity index (χ3v) is 4.07. The Labute approximate surface area is 112 Å². The molecule has 0 bridgehead atoms. The van der Waals surface area contributed by atoms with Gasteiger partial charge in [-0.25, -0.2) is 0 Å². The van der Waals surface area contributed by atoms with Crippen LogP contribution >= 0.6 is 0 Å². The number of nitrogens with zero attached hydrogens (tertiary/aromatic N) is 1. The van der Waals surface area contributed by atoms with Gasteiger partial charge in [0.15, 0.2) is 11.5 Å². The maximum absolute atomic E-state index is 5.44. The number of aromatic nitrogens is 1. The minimum Gasteiger partial charge on any atom is -0.454 e. The molecule has 0 spiro atoms. The van der Waals surface area contributed by atoms with E-state index < -0.39 is 0 Å². The van der Waals surface area contributed by atoms with Crippen LogP contribution in [0.1, 0.15) is 29.7 Å². The largest absolute Gasteiger partial charge is 0.454 e. The van der Waals surface area contributed by atoms with E-state index in [4.69, 9.17) is 9.47 Å². The van der Waals surface area contributed by atoms with Crippen molar-refractivity contribution in [1.82, 2.24) is 4.57 Å². The number of aryl methyl sites for hydroxylation is 1. The fraction of sp³-hybridized carbons (Fsp3) is 0.375. The Balaban J connectivity index is 1.63. The van der Waals surface area contributed by atoms with E-state index in [0.29, 0.717) is 6.79 Å². The van der Waals surface area contributed by atoms with Crippen molar-refractivity contribution in [3.05, 3.63) is 47.3 Å². The number of hydrogen-bond donors (Lipinski definition) is 0. The first-order valence-corrected chi connectivity index (χ1v) is 6.95. The Bertz CT molecular complexity index is 615. The molecule has 2 aromatic rings. The van der Waals surface area contributed by atoms with Crippen molar-refractivity contribution >= 4 is 0 Å². The minimum atomic E-state index is 0.345. The molecule has 3 heteroatoms. The van der Waals surface area contributed by atoms with Gasteiger partial charge in [-0.15, -0.1) is 0 Å². The molecule has 0 fully saturated rings. The molecule has 0 saturated carbocycles. The minimum absolute atomic E-state index is 0.345. The summed E-state index contributed by atoms with van der Waals surface area (Å²) in [7, 11) is 0. The van der Waals surface area contributed by atoms with Gasteiger partial charge in [-0.3, -0.25) is 0 Å². The summed E-state index contributed by atoms with van der Waals surface area (Å²) in [6, 6.07) is 8.51. The molecule has 0 atom stereocenters. The molecular formula is C16H17NO2. The van der Waals surface area contributed by atoms with Gasteiger partial charge in [0, 0.05) is 18.4 Å². The predicted molar refractivity (Wildman–Crippen MR) is 72.7 cm³/mol. The zero-order chi connectivity index (χ0) is 12.7. The Hall–Kier alpha value is -1.90. The topological polar surface area (TPSA) is 23.4 Å². The average molecular weight is 255 g/mol. The van der Waals surface area contributed by atoms with E-state index in [1.807, 2.05) is 6.07 Å². The molecule has 98 valence electrons. The Morgan fingerprint density at radius 2 is 1.89 bits per heavy atom. The quantitative estimate of drug-likeness (QED) is 0.823. The zero-order valence-electron chi connectivity index (χ0n) is 10.9. The monoisotopic (exact) mass is 255 g/mol. The van der Waals surface area contributed by atoms with E-state index in [2.05, 4.69) is 29.0 Å². The molecule has 3 nitrogen and oxygen atoms in total. The van der Waals surface area contributed by atoms with E-state index in [-0.39, 0.29) is 0 Å². The molecule has 2 heterocycles. The third kappa shape index (κ3) is 1.89. The summed E-state index contributed by atoms with van der Waals surface area (Å²) >= 11 is 0. The second kappa shape index (κ2) is 4.34. The molecule has 0 unspecified atom stereocenters. The van der Waals surface area contributed by atoms with Crippen LogP contribution in [0.15, 0.2) is 30.5 Å². The summed E-state index contributed by atoms with van der Waals surface area (Å²) in [4.78, 5) is 0. The number of rotatable bonds is 2. The number of fused-ring (bicyclic) bond motifs is 2. The van der Waals surface area contributed by atoms with E-state index in [9.17, 15) is 0 Å². The van der Waals surface area contributed by atoms with Crippen molar-refractivity contribution in [3.63, 3.8) is 0 Å². The molecule has 2 aliphatic rings. The molecule has 1 aromatic heterocycles. The van der Waals surface area contributed by atoms with Gasteiger partial charge >= 0.3 is 0 Å². The predicted octanol–water partition coefficient (Wildman–Crippen LogP) is 3.14. The summed E-state index contributed by atoms with van der Waals surface area (Å²) in [5.74, 6) is 1.73. The van der Waals surface area contributed by atoms with Gasteiger partial charge in [0.25, 0.3) is 0 Å². The average Bonchev–Trinajstić information content (AvgIpc) is 3.06. The summed E-state index contributed by atoms with van der Waals surface area (Å²) in [6.45, 7) is 1.27. The Kier molecular flexibility index (Phi) is 2.50. The molecule has 4 rings (SSSR count). The molecule has 1 aliphatic heterocycles. The van der Waals surface area contributed by atoms with Crippen LogP contribution in [0.4, 0.5) is 0 Å². The molecule has 0 amide bonds. The standard InChI is InChI=1S/C16H17NO2/c1-2-4-14-13(3-1)7-8-17(14)10-12-5-6-15-16(9-12)19-11-18-15/h5-9H,1-4,10-11H2. The van der Waals surface area contributed by atoms with Crippen LogP contribution in [0.2, 0.25) is 0 Å². The highest BCUT2D eigenvalue weighted by Crippen LogP contribution is 2.33. The SMILES string of the molecule is c1cc2c(cc1Cn1ccc3c1CCCC3)OCO2. The fourth-order valence-electron chi connectivity index (χ4n) is 3.07. The number of hydrogen-bond acceptors (Lipinski definition) is 2. The van der Waals surface area contributed by atoms with Crippen LogP contribution in [-0.2, 0) is 19.4 Å². The van der Waals surface area contributed by atoms with Crippen molar-refractivity contribution in [2.24, 2.45) is 0 Å². The lowest BCUT2D eigenvalue weighted by Crippen LogP contribution is -2.08. The van der Waals surface area contributed by atoms with Gasteiger partial charge < -0.3 is 14.0 Å². The third-order valence-electron chi connectivity index (χ3n) is 4.07. The highest BCUT2D eigenvalue weighted by molar-refractivity contribution is 5.44. The van der Waals surface area contributed by atoms with Gasteiger partial charge in [-0.2, -0.15) is 0 Å². The normalized spacial score (nSPS) is 16.4. The summed E-state index contributed by atoms with van der Waals surface area (Å²) in [5.41, 5.74) is 4.32. The van der Waals surface area contributed by atoms with Crippen molar-refractivity contribution in [2.45, 2.75) is 32.2 Å². The van der Waals surface area contributed by atoms with Crippen LogP contribution in [0, 0.1) is 0 Å². The first-order chi connectivity index (χ1) is 9.40. The molecule has 19 heavy (non-hydrogen) atoms. The molecule has 1 aliphatic carbocycles. The summed E-state index contributed by atoms with van der Waals surface area (Å²) < 4.78 is 13.2. The summed E-state index contributed by atoms with van der Waals surface area (Å²) in [5, 5.41) is 0. The van der Waals surface area contributed by atoms with E-state index in [1.165, 1.54) is 42.5 Å². The molecule has 0 saturated heterocycles. The fourth-order valence-corrected chi connectivity index (χ4v) is 3.07. The van der Waals surface area contributed by atoms with Crippen molar-refractivity contribution < 1.29 is 9.47 Å². The first kappa shape index (κ1) is 11.0. The summed E-state index contributed by atoms with van der Waals surface area (Å²) in [6.07, 6.45) is 7.33. The van der Waals surface area contributed by atoms with Crippen LogP contribution in [0.5, 0.6) is 11.5 Å². The molecule has 0 N–H and O–H groups in total. The highest BCUT2D eigenvalue weighted by Gasteiger charge is 2.16. The van der Waals surface area contributed by atoms with E-state index in [0.717, 1.165) is 18.0 Å². The van der Waals surface area contributed by atoms with Gasteiger partial charge in [0.1, 0.15) is 0 Å². The second-order valence-electron chi connectivity index (χ2n) is 5.31. The Morgan fingerprint density at radius 1 is 1.00 bits per heavy atom. The zero-order valence-corrected chi connectivity index (χ0v) is 10.9. The van der Waals surface area contributed by atoms with Gasteiger partial charge in [-0.1, -0.05) is 6.07 Å². The van der Waals surface area contributed by atoms with E-state index in [1.54, 1.807) is 0 Å². The van der Waals surface area contributed by atoms with Gasteiger partial charge in [0.05, 0.1) is 0 Å². The van der Waals surface area contributed by atoms with Crippen LogP contribution in [0.25, 0.3) is 0 Å². The first-order valence-electron chi connectivity index (χ1n) is 6.95. The molecular weight excluding hydrogens is 238 g/mol. The highest BCUT2D eigenvalue weighted by atomic mass is 16.7. The maximum atomic E-state index is 5.44. The van der Waals surface area contributed by atoms with Crippen LogP contribution in [-0.4, -0.2) is 11.4 Å². The number of ether oxygens (including phenoxy) is 2. The maximum Gasteiger partial charge on any atom is 0.231 e. The smallest absolute Gasteiger partial charge is 0.231 e. The lowest BCUT2D eigenvalue weighted by Gasteiger charge is -2.15. The second-order valence-corrected chi connectivity index (χ2v) is 5.31. The lowest BCUT2D eigenvalue weighted by atomic mass is 9.98.